The molecule has 10 heteroatoms. The maximum absolute atomic E-state index is 12.2. The summed E-state index contributed by atoms with van der Waals surface area (Å²) >= 11 is 3.38. The molecule has 0 radical (unpaired) electrons. The van der Waals surface area contributed by atoms with Gasteiger partial charge < -0.3 is 15.0 Å². The van der Waals surface area contributed by atoms with Crippen LogP contribution in [0.2, 0.25) is 0 Å². The summed E-state index contributed by atoms with van der Waals surface area (Å²) < 4.78 is 39.3. The van der Waals surface area contributed by atoms with Gasteiger partial charge in [-0.2, -0.15) is 13.2 Å². The second-order valence-electron chi connectivity index (χ2n) is 4.83. The van der Waals surface area contributed by atoms with Gasteiger partial charge in [0.2, 0.25) is 0 Å². The van der Waals surface area contributed by atoms with Crippen LogP contribution in [-0.2, 0) is 6.54 Å². The van der Waals surface area contributed by atoms with Crippen LogP contribution >= 0.6 is 39.9 Å². The fraction of sp³-hybridized carbons (Fsp3) is 0.429. The highest BCUT2D eigenvalue weighted by molar-refractivity contribution is 14.0. The summed E-state index contributed by atoms with van der Waals surface area (Å²) in [5, 5.41) is 5.58. The molecule has 2 N–H and O–H groups in total. The number of aliphatic imine (C=N–C) groups is 1. The third-order valence-corrected chi connectivity index (χ3v) is 3.38. The molecule has 0 bridgehead atoms. The first-order valence-corrected chi connectivity index (χ1v) is 7.89. The van der Waals surface area contributed by atoms with Crippen molar-refractivity contribution < 1.29 is 13.2 Å². The summed E-state index contributed by atoms with van der Waals surface area (Å²) in [6.07, 6.45) is -1.37. The zero-order valence-electron chi connectivity index (χ0n) is 12.9. The Morgan fingerprint density at radius 3 is 2.71 bits per heavy atom. The number of nitrogens with one attached hydrogen (secondary N) is 2. The Bertz CT molecular complexity index is 687. The first-order valence-electron chi connectivity index (χ1n) is 7.09. The molecular weight excluding hydrogens is 502 g/mol. The van der Waals surface area contributed by atoms with Gasteiger partial charge in [-0.05, 0) is 35.0 Å². The predicted molar refractivity (Wildman–Crippen MR) is 102 cm³/mol. The minimum absolute atomic E-state index is 0. The van der Waals surface area contributed by atoms with E-state index < -0.39 is 12.6 Å². The number of guanidine groups is 1. The largest absolute Gasteiger partial charge is 0.390 e. The monoisotopic (exact) mass is 519 g/mol. The molecule has 134 valence electrons. The highest BCUT2D eigenvalue weighted by atomic mass is 127. The van der Waals surface area contributed by atoms with E-state index in [0.29, 0.717) is 12.5 Å². The van der Waals surface area contributed by atoms with Crippen molar-refractivity contribution in [2.45, 2.75) is 26.1 Å². The van der Waals surface area contributed by atoms with Crippen LogP contribution < -0.4 is 10.6 Å². The zero-order chi connectivity index (χ0) is 16.9. The lowest BCUT2D eigenvalue weighted by atomic mass is 10.4. The van der Waals surface area contributed by atoms with Gasteiger partial charge in [-0.15, -0.1) is 24.0 Å². The van der Waals surface area contributed by atoms with Crippen LogP contribution in [0, 0.1) is 0 Å². The molecule has 0 aromatic carbocycles. The molecule has 0 aliphatic rings. The maximum atomic E-state index is 12.2. The number of rotatable bonds is 5. The Labute approximate surface area is 163 Å². The number of halogens is 5. The predicted octanol–water partition coefficient (Wildman–Crippen LogP) is 3.72. The van der Waals surface area contributed by atoms with Crippen LogP contribution in [-0.4, -0.2) is 34.6 Å². The van der Waals surface area contributed by atoms with Crippen LogP contribution in [0.3, 0.4) is 0 Å². The summed E-state index contributed by atoms with van der Waals surface area (Å²) in [4.78, 5) is 8.67. The van der Waals surface area contributed by atoms with Crippen molar-refractivity contribution in [3.63, 3.8) is 0 Å². The van der Waals surface area contributed by atoms with Crippen molar-refractivity contribution in [3.8, 4) is 0 Å². The zero-order valence-corrected chi connectivity index (χ0v) is 16.8. The standard InChI is InChI=1S/C14H17BrF3N5.HI/c1-2-19-13(20-6-5-14(16,17)18)21-7-11-9-23-8-10(15)3-4-12(23)22-11;/h3-4,8-9H,2,5-7H2,1H3,(H2,19,20,21);1H. The fourth-order valence-electron chi connectivity index (χ4n) is 1.92. The summed E-state index contributed by atoms with van der Waals surface area (Å²) in [6, 6.07) is 3.75. The van der Waals surface area contributed by atoms with Gasteiger partial charge in [0.15, 0.2) is 5.96 Å². The number of fused-ring (bicyclic) bond motifs is 1. The van der Waals surface area contributed by atoms with Gasteiger partial charge in [0.25, 0.3) is 0 Å². The second kappa shape index (κ2) is 9.44. The van der Waals surface area contributed by atoms with Crippen LogP contribution in [0.5, 0.6) is 0 Å². The Balaban J connectivity index is 0.00000288. The molecular formula is C14H18BrF3IN5. The van der Waals surface area contributed by atoms with E-state index in [4.69, 9.17) is 0 Å². The smallest absolute Gasteiger partial charge is 0.357 e. The molecule has 2 rings (SSSR count). The van der Waals surface area contributed by atoms with E-state index >= 15 is 0 Å². The van der Waals surface area contributed by atoms with Gasteiger partial charge in [0.05, 0.1) is 18.7 Å². The molecule has 0 atom stereocenters. The average Bonchev–Trinajstić information content (AvgIpc) is 2.85. The van der Waals surface area contributed by atoms with Crippen molar-refractivity contribution >= 4 is 51.5 Å². The number of imidazole rings is 1. The van der Waals surface area contributed by atoms with Crippen molar-refractivity contribution in [2.75, 3.05) is 13.1 Å². The number of hydrogen-bond acceptors (Lipinski definition) is 2. The second-order valence-corrected chi connectivity index (χ2v) is 5.75. The Morgan fingerprint density at radius 1 is 1.29 bits per heavy atom. The molecule has 5 nitrogen and oxygen atoms in total. The normalized spacial score (nSPS) is 12.1. The van der Waals surface area contributed by atoms with E-state index in [1.807, 2.05) is 35.9 Å². The van der Waals surface area contributed by atoms with Gasteiger partial charge in [0, 0.05) is 30.0 Å². The topological polar surface area (TPSA) is 53.7 Å². The SMILES string of the molecule is CCNC(=NCc1cn2cc(Br)ccc2n1)NCCC(F)(F)F.I. The summed E-state index contributed by atoms with van der Waals surface area (Å²) in [7, 11) is 0. The van der Waals surface area contributed by atoms with Gasteiger partial charge in [-0.1, -0.05) is 0 Å². The van der Waals surface area contributed by atoms with E-state index in [2.05, 4.69) is 36.5 Å². The fourth-order valence-corrected chi connectivity index (χ4v) is 2.27. The summed E-state index contributed by atoms with van der Waals surface area (Å²) in [5.41, 5.74) is 1.52. The minimum atomic E-state index is -4.18. The first-order chi connectivity index (χ1) is 10.9. The van der Waals surface area contributed by atoms with E-state index in [-0.39, 0.29) is 37.1 Å². The van der Waals surface area contributed by atoms with Gasteiger partial charge >= 0.3 is 6.18 Å². The van der Waals surface area contributed by atoms with Crippen molar-refractivity contribution in [2.24, 2.45) is 4.99 Å². The number of alkyl halides is 3. The van der Waals surface area contributed by atoms with E-state index in [1.165, 1.54) is 0 Å². The quantitative estimate of drug-likeness (QED) is 0.359. The highest BCUT2D eigenvalue weighted by Crippen LogP contribution is 2.18. The lowest BCUT2D eigenvalue weighted by molar-refractivity contribution is -0.132. The Morgan fingerprint density at radius 2 is 2.04 bits per heavy atom. The Kier molecular flexibility index (Phi) is 8.27. The molecule has 0 amide bonds. The lowest BCUT2D eigenvalue weighted by Gasteiger charge is -2.12. The van der Waals surface area contributed by atoms with Gasteiger partial charge in [-0.3, -0.25) is 0 Å². The van der Waals surface area contributed by atoms with Crippen molar-refractivity contribution in [3.05, 3.63) is 34.7 Å². The number of aromatic nitrogens is 2. The minimum Gasteiger partial charge on any atom is -0.357 e. The van der Waals surface area contributed by atoms with Crippen LogP contribution in [0.15, 0.2) is 34.0 Å². The van der Waals surface area contributed by atoms with Crippen LogP contribution in [0.4, 0.5) is 13.2 Å². The molecule has 0 fully saturated rings. The molecule has 0 aliphatic carbocycles. The third-order valence-electron chi connectivity index (χ3n) is 2.91. The third kappa shape index (κ3) is 6.83. The number of nitrogens with zero attached hydrogens (tertiary/aromatic N) is 3. The highest BCUT2D eigenvalue weighted by Gasteiger charge is 2.26. The number of hydrogen-bond donors (Lipinski definition) is 2. The van der Waals surface area contributed by atoms with Crippen molar-refractivity contribution in [1.29, 1.82) is 0 Å². The van der Waals surface area contributed by atoms with Crippen LogP contribution in [0.1, 0.15) is 19.0 Å². The Hall–Kier alpha value is -1.04. The molecule has 0 saturated carbocycles. The molecule has 0 unspecified atom stereocenters. The molecule has 0 spiro atoms. The maximum Gasteiger partial charge on any atom is 0.390 e. The van der Waals surface area contributed by atoms with Crippen LogP contribution in [0.25, 0.3) is 5.65 Å². The van der Waals surface area contributed by atoms with Crippen molar-refractivity contribution in [1.82, 2.24) is 20.0 Å². The molecule has 2 aromatic rings. The van der Waals surface area contributed by atoms with Gasteiger partial charge in [-0.25, -0.2) is 9.98 Å². The molecule has 0 saturated heterocycles. The average molecular weight is 520 g/mol. The molecule has 24 heavy (non-hydrogen) atoms. The first kappa shape index (κ1) is 21.0. The molecule has 2 aromatic heterocycles. The summed E-state index contributed by atoms with van der Waals surface area (Å²) in [5.74, 6) is 0.343. The molecule has 0 aliphatic heterocycles. The molecule has 2 heterocycles. The van der Waals surface area contributed by atoms with E-state index in [9.17, 15) is 13.2 Å². The van der Waals surface area contributed by atoms with Gasteiger partial charge in [0.1, 0.15) is 5.65 Å². The number of pyridine rings is 1. The van der Waals surface area contributed by atoms with E-state index in [1.54, 1.807) is 0 Å². The summed E-state index contributed by atoms with van der Waals surface area (Å²) in [6.45, 7) is 2.48. The van der Waals surface area contributed by atoms with E-state index in [0.717, 1.165) is 15.8 Å². The lowest BCUT2D eigenvalue weighted by Crippen LogP contribution is -2.38.